The molecule has 1 aliphatic rings. The van der Waals surface area contributed by atoms with Crippen molar-refractivity contribution in [3.63, 3.8) is 0 Å². The fourth-order valence-corrected chi connectivity index (χ4v) is 3.41. The van der Waals surface area contributed by atoms with Crippen molar-refractivity contribution in [2.75, 3.05) is 20.8 Å². The molecule has 3 rings (SSSR count). The number of fused-ring (bicyclic) bond motifs is 1. The molecular formula is C19H20KN3O5. The predicted molar refractivity (Wildman–Crippen MR) is 93.4 cm³/mol. The van der Waals surface area contributed by atoms with E-state index in [0.29, 0.717) is 35.7 Å². The molecule has 142 valence electrons. The van der Waals surface area contributed by atoms with E-state index >= 15 is 0 Å². The molecule has 2 heterocycles. The Balaban J connectivity index is 0.00000280. The van der Waals surface area contributed by atoms with Gasteiger partial charge in [0.1, 0.15) is 0 Å². The molecule has 0 N–H and O–H groups in total. The van der Waals surface area contributed by atoms with Gasteiger partial charge in [-0.2, -0.15) is 10.2 Å². The Hall–Kier alpha value is -1.52. The van der Waals surface area contributed by atoms with Crippen molar-refractivity contribution in [2.45, 2.75) is 25.8 Å². The van der Waals surface area contributed by atoms with E-state index in [0.717, 1.165) is 11.1 Å². The van der Waals surface area contributed by atoms with E-state index in [2.05, 4.69) is 10.2 Å². The number of methoxy groups -OCH3 is 2. The van der Waals surface area contributed by atoms with E-state index in [1.54, 1.807) is 31.1 Å². The molecule has 0 fully saturated rings. The average molecular weight is 409 g/mol. The van der Waals surface area contributed by atoms with Gasteiger partial charge < -0.3 is 24.3 Å². The third-order valence-corrected chi connectivity index (χ3v) is 4.65. The van der Waals surface area contributed by atoms with E-state index in [4.69, 9.17) is 9.47 Å². The summed E-state index contributed by atoms with van der Waals surface area (Å²) in [7, 11) is 3.05. The van der Waals surface area contributed by atoms with Crippen LogP contribution in [-0.4, -0.2) is 47.7 Å². The van der Waals surface area contributed by atoms with Crippen LogP contribution < -0.4 is 66.0 Å². The minimum atomic E-state index is -1.23. The second kappa shape index (κ2) is 9.79. The predicted octanol–water partition coefficient (Wildman–Crippen LogP) is -2.31. The van der Waals surface area contributed by atoms with Gasteiger partial charge in [0, 0.05) is 18.9 Å². The van der Waals surface area contributed by atoms with Crippen LogP contribution in [0.5, 0.6) is 11.5 Å². The van der Waals surface area contributed by atoms with E-state index in [1.165, 1.54) is 13.3 Å². The second-order valence-electron chi connectivity index (χ2n) is 6.33. The van der Waals surface area contributed by atoms with Crippen molar-refractivity contribution in [2.24, 2.45) is 0 Å². The third-order valence-electron chi connectivity index (χ3n) is 4.65. The van der Waals surface area contributed by atoms with Gasteiger partial charge in [-0.3, -0.25) is 4.79 Å². The molecule has 1 amide bonds. The fourth-order valence-electron chi connectivity index (χ4n) is 3.41. The van der Waals surface area contributed by atoms with Gasteiger partial charge >= 0.3 is 51.4 Å². The molecule has 0 radical (unpaired) electrons. The zero-order chi connectivity index (χ0) is 19.6. The summed E-state index contributed by atoms with van der Waals surface area (Å²) in [6.07, 6.45) is 1.64. The van der Waals surface area contributed by atoms with E-state index < -0.39 is 12.0 Å². The van der Waals surface area contributed by atoms with Crippen LogP contribution in [-0.2, 0) is 11.2 Å². The van der Waals surface area contributed by atoms with Crippen LogP contribution >= 0.6 is 0 Å². The maximum atomic E-state index is 13.0. The number of benzene rings is 1. The van der Waals surface area contributed by atoms with E-state index in [-0.39, 0.29) is 63.7 Å². The Labute approximate surface area is 205 Å². The SMILES string of the molecule is COc1cc2c(cc1OC)C(CC(=O)[O-])N(C(=O)c1cnnc(C)c1)CC2.[K+]. The number of aliphatic carboxylic acids is 1. The fraction of sp³-hybridized carbons (Fsp3) is 0.368. The number of aryl methyl sites for hydroxylation is 1. The topological polar surface area (TPSA) is 105 Å². The Morgan fingerprint density at radius 1 is 1.21 bits per heavy atom. The summed E-state index contributed by atoms with van der Waals surface area (Å²) in [6, 6.07) is 4.53. The number of carboxylic acids is 1. The van der Waals surface area contributed by atoms with Gasteiger partial charge in [0.15, 0.2) is 11.5 Å². The molecule has 1 unspecified atom stereocenters. The third kappa shape index (κ3) is 4.72. The standard InChI is InChI=1S/C19H21N3O5.K/c1-11-6-13(10-20-21-11)19(25)22-5-4-12-7-16(26-2)17(27-3)8-14(12)15(22)9-18(23)24;/h6-8,10,15H,4-5,9H2,1-3H3,(H,23,24);/q;+1/p-1. The van der Waals surface area contributed by atoms with Gasteiger partial charge in [0.05, 0.1) is 37.7 Å². The van der Waals surface area contributed by atoms with Crippen LogP contribution in [0.3, 0.4) is 0 Å². The Morgan fingerprint density at radius 3 is 2.50 bits per heavy atom. The zero-order valence-corrected chi connectivity index (χ0v) is 19.5. The molecule has 0 bridgehead atoms. The zero-order valence-electron chi connectivity index (χ0n) is 16.4. The molecule has 0 saturated carbocycles. The minimum absolute atomic E-state index is 0. The van der Waals surface area contributed by atoms with Crippen LogP contribution in [0.15, 0.2) is 24.4 Å². The van der Waals surface area contributed by atoms with Crippen molar-refractivity contribution in [3.05, 3.63) is 46.8 Å². The number of carbonyl (C=O) groups excluding carboxylic acids is 2. The van der Waals surface area contributed by atoms with Gasteiger partial charge in [-0.05, 0) is 42.7 Å². The van der Waals surface area contributed by atoms with Crippen LogP contribution in [0.2, 0.25) is 0 Å². The molecule has 0 aliphatic carbocycles. The molecule has 8 nitrogen and oxygen atoms in total. The van der Waals surface area contributed by atoms with Crippen LogP contribution in [0.25, 0.3) is 0 Å². The first kappa shape index (κ1) is 22.8. The molecule has 1 aromatic carbocycles. The molecule has 1 aliphatic heterocycles. The number of carboxylic acid groups (broad SMARTS) is 1. The number of ether oxygens (including phenoxy) is 2. The van der Waals surface area contributed by atoms with E-state index in [1.807, 2.05) is 6.07 Å². The number of hydrogen-bond donors (Lipinski definition) is 0. The maximum Gasteiger partial charge on any atom is 1.00 e. The average Bonchev–Trinajstić information content (AvgIpc) is 2.66. The van der Waals surface area contributed by atoms with Gasteiger partial charge in [-0.25, -0.2) is 0 Å². The summed E-state index contributed by atoms with van der Waals surface area (Å²) in [5.41, 5.74) is 2.62. The molecule has 0 saturated heterocycles. The number of carbonyl (C=O) groups is 2. The van der Waals surface area contributed by atoms with Crippen molar-refractivity contribution in [1.82, 2.24) is 15.1 Å². The van der Waals surface area contributed by atoms with E-state index in [9.17, 15) is 14.7 Å². The summed E-state index contributed by atoms with van der Waals surface area (Å²) in [5, 5.41) is 19.1. The Kier molecular flexibility index (Phi) is 7.96. The number of rotatable bonds is 5. The summed E-state index contributed by atoms with van der Waals surface area (Å²) < 4.78 is 10.7. The molecule has 0 spiro atoms. The van der Waals surface area contributed by atoms with Crippen molar-refractivity contribution in [1.29, 1.82) is 0 Å². The second-order valence-corrected chi connectivity index (χ2v) is 6.33. The number of hydrogen-bond acceptors (Lipinski definition) is 7. The number of aromatic nitrogens is 2. The van der Waals surface area contributed by atoms with Crippen LogP contribution in [0, 0.1) is 6.92 Å². The molecule has 2 aromatic rings. The summed E-state index contributed by atoms with van der Waals surface area (Å²) in [6.45, 7) is 2.12. The summed E-state index contributed by atoms with van der Waals surface area (Å²) in [5.74, 6) is -0.475. The van der Waals surface area contributed by atoms with Crippen molar-refractivity contribution in [3.8, 4) is 11.5 Å². The molecule has 1 atom stereocenters. The number of nitrogens with zero attached hydrogens (tertiary/aromatic N) is 3. The Morgan fingerprint density at radius 2 is 1.89 bits per heavy atom. The molecule has 1 aromatic heterocycles. The van der Waals surface area contributed by atoms with Gasteiger partial charge in [-0.1, -0.05) is 0 Å². The summed E-state index contributed by atoms with van der Waals surface area (Å²) >= 11 is 0. The largest absolute Gasteiger partial charge is 1.00 e. The van der Waals surface area contributed by atoms with Crippen LogP contribution in [0.1, 0.15) is 39.6 Å². The van der Waals surface area contributed by atoms with Crippen LogP contribution in [0.4, 0.5) is 0 Å². The quantitative estimate of drug-likeness (QED) is 0.511. The van der Waals surface area contributed by atoms with Crippen molar-refractivity contribution >= 4 is 11.9 Å². The first-order valence-corrected chi connectivity index (χ1v) is 8.49. The smallest absolute Gasteiger partial charge is 0.550 e. The maximum absolute atomic E-state index is 13.0. The van der Waals surface area contributed by atoms with Gasteiger partial charge in [0.25, 0.3) is 5.91 Å². The van der Waals surface area contributed by atoms with Gasteiger partial charge in [-0.15, -0.1) is 0 Å². The molecule has 9 heteroatoms. The first-order valence-electron chi connectivity index (χ1n) is 8.49. The molecule has 28 heavy (non-hydrogen) atoms. The Bertz CT molecular complexity index is 890. The normalized spacial score (nSPS) is 15.2. The minimum Gasteiger partial charge on any atom is -0.550 e. The molecular weight excluding hydrogens is 389 g/mol. The van der Waals surface area contributed by atoms with Crippen molar-refractivity contribution < 1.29 is 75.6 Å². The first-order chi connectivity index (χ1) is 12.9. The van der Waals surface area contributed by atoms with Gasteiger partial charge in [0.2, 0.25) is 0 Å². The summed E-state index contributed by atoms with van der Waals surface area (Å²) in [4.78, 5) is 25.9. The number of amides is 1. The monoisotopic (exact) mass is 409 g/mol.